The van der Waals surface area contributed by atoms with E-state index in [2.05, 4.69) is 38.2 Å². The van der Waals surface area contributed by atoms with E-state index in [-0.39, 0.29) is 5.54 Å². The van der Waals surface area contributed by atoms with E-state index in [4.69, 9.17) is 4.74 Å². The Balaban J connectivity index is 2.37. The first kappa shape index (κ1) is 10.3. The van der Waals surface area contributed by atoms with Crippen LogP contribution in [0, 0.1) is 5.92 Å². The van der Waals surface area contributed by atoms with Crippen LogP contribution in [-0.4, -0.2) is 12.6 Å². The summed E-state index contributed by atoms with van der Waals surface area (Å²) >= 11 is 0. The van der Waals surface area contributed by atoms with Gasteiger partial charge in [0.1, 0.15) is 5.75 Å². The molecule has 1 atom stereocenters. The van der Waals surface area contributed by atoms with Gasteiger partial charge in [0.15, 0.2) is 0 Å². The van der Waals surface area contributed by atoms with Gasteiger partial charge in [-0.25, -0.2) is 0 Å². The summed E-state index contributed by atoms with van der Waals surface area (Å²) in [5.41, 5.74) is 2.79. The maximum absolute atomic E-state index is 5.24. The maximum Gasteiger partial charge on any atom is 0.119 e. The van der Waals surface area contributed by atoms with Crippen molar-refractivity contribution in [1.82, 2.24) is 0 Å². The first-order valence-corrected chi connectivity index (χ1v) is 5.48. The minimum Gasteiger partial charge on any atom is -0.497 e. The van der Waals surface area contributed by atoms with E-state index in [9.17, 15) is 0 Å². The molecule has 2 nitrogen and oxygen atoms in total. The summed E-state index contributed by atoms with van der Waals surface area (Å²) in [6.07, 6.45) is 1.12. The standard InChI is InChI=1S/C13H19NO/c1-9-7-10-8-11(15-4)5-6-12(10)14-13(9,2)3/h5-6,8-9,14H,7H2,1-4H3. The Bertz CT molecular complexity index is 371. The second-order valence-corrected chi connectivity index (χ2v) is 4.97. The highest BCUT2D eigenvalue weighted by Crippen LogP contribution is 2.36. The number of rotatable bonds is 1. The molecule has 82 valence electrons. The van der Waals surface area contributed by atoms with Crippen LogP contribution in [0.4, 0.5) is 5.69 Å². The highest BCUT2D eigenvalue weighted by molar-refractivity contribution is 5.58. The van der Waals surface area contributed by atoms with Gasteiger partial charge in [0.25, 0.3) is 0 Å². The normalized spacial score (nSPS) is 22.8. The highest BCUT2D eigenvalue weighted by Gasteiger charge is 2.31. The number of hydrogen-bond donors (Lipinski definition) is 1. The third-order valence-corrected chi connectivity index (χ3v) is 3.53. The van der Waals surface area contributed by atoms with Crippen LogP contribution in [0.25, 0.3) is 0 Å². The van der Waals surface area contributed by atoms with E-state index in [1.54, 1.807) is 7.11 Å². The fourth-order valence-electron chi connectivity index (χ4n) is 2.04. The van der Waals surface area contributed by atoms with Crippen LogP contribution in [0.1, 0.15) is 26.3 Å². The molecular weight excluding hydrogens is 186 g/mol. The zero-order chi connectivity index (χ0) is 11.1. The number of anilines is 1. The van der Waals surface area contributed by atoms with Crippen molar-refractivity contribution in [2.75, 3.05) is 12.4 Å². The van der Waals surface area contributed by atoms with Gasteiger partial charge in [-0.2, -0.15) is 0 Å². The minimum absolute atomic E-state index is 0.182. The summed E-state index contributed by atoms with van der Waals surface area (Å²) in [6.45, 7) is 6.80. The molecule has 0 bridgehead atoms. The van der Waals surface area contributed by atoms with Crippen molar-refractivity contribution >= 4 is 5.69 Å². The lowest BCUT2D eigenvalue weighted by atomic mass is 9.80. The molecule has 0 aliphatic carbocycles. The molecule has 1 aliphatic rings. The summed E-state index contributed by atoms with van der Waals surface area (Å²) < 4.78 is 5.24. The average molecular weight is 205 g/mol. The summed E-state index contributed by atoms with van der Waals surface area (Å²) in [5, 5.41) is 3.58. The van der Waals surface area contributed by atoms with Crippen molar-refractivity contribution in [3.63, 3.8) is 0 Å². The SMILES string of the molecule is COc1ccc2c(c1)CC(C)C(C)(C)N2. The van der Waals surface area contributed by atoms with Crippen molar-refractivity contribution in [2.24, 2.45) is 5.92 Å². The van der Waals surface area contributed by atoms with E-state index in [0.717, 1.165) is 12.2 Å². The molecule has 0 spiro atoms. The number of ether oxygens (including phenoxy) is 1. The molecule has 1 heterocycles. The highest BCUT2D eigenvalue weighted by atomic mass is 16.5. The van der Waals surface area contributed by atoms with Gasteiger partial charge in [-0.15, -0.1) is 0 Å². The summed E-state index contributed by atoms with van der Waals surface area (Å²) in [4.78, 5) is 0. The van der Waals surface area contributed by atoms with Gasteiger partial charge in [-0.3, -0.25) is 0 Å². The third kappa shape index (κ3) is 1.81. The second-order valence-electron chi connectivity index (χ2n) is 4.97. The molecule has 0 fully saturated rings. The van der Waals surface area contributed by atoms with Crippen LogP contribution in [0.3, 0.4) is 0 Å². The quantitative estimate of drug-likeness (QED) is 0.760. The number of hydrogen-bond acceptors (Lipinski definition) is 2. The molecule has 15 heavy (non-hydrogen) atoms. The molecule has 1 N–H and O–H groups in total. The second kappa shape index (κ2) is 3.44. The molecule has 1 aliphatic heterocycles. The van der Waals surface area contributed by atoms with Gasteiger partial charge < -0.3 is 10.1 Å². The average Bonchev–Trinajstić information content (AvgIpc) is 2.19. The third-order valence-electron chi connectivity index (χ3n) is 3.53. The molecule has 2 rings (SSSR count). The van der Waals surface area contributed by atoms with Crippen molar-refractivity contribution in [2.45, 2.75) is 32.7 Å². The Morgan fingerprint density at radius 2 is 2.13 bits per heavy atom. The molecule has 0 aromatic heterocycles. The molecule has 2 heteroatoms. The van der Waals surface area contributed by atoms with E-state index < -0.39 is 0 Å². The molecule has 1 aromatic carbocycles. The lowest BCUT2D eigenvalue weighted by Crippen LogP contribution is -2.42. The predicted octanol–water partition coefficient (Wildman–Crippen LogP) is 3.08. The maximum atomic E-state index is 5.24. The van der Waals surface area contributed by atoms with Crippen molar-refractivity contribution in [3.05, 3.63) is 23.8 Å². The zero-order valence-electron chi connectivity index (χ0n) is 9.92. The van der Waals surface area contributed by atoms with Gasteiger partial charge in [0.2, 0.25) is 0 Å². The summed E-state index contributed by atoms with van der Waals surface area (Å²) in [7, 11) is 1.71. The van der Waals surface area contributed by atoms with Crippen LogP contribution in [0.2, 0.25) is 0 Å². The fourth-order valence-corrected chi connectivity index (χ4v) is 2.04. The molecule has 1 unspecified atom stereocenters. The molecule has 0 amide bonds. The lowest BCUT2D eigenvalue weighted by molar-refractivity contribution is 0.360. The number of benzene rings is 1. The number of fused-ring (bicyclic) bond motifs is 1. The van der Waals surface area contributed by atoms with Crippen LogP contribution in [-0.2, 0) is 6.42 Å². The fraction of sp³-hybridized carbons (Fsp3) is 0.538. The smallest absolute Gasteiger partial charge is 0.119 e. The largest absolute Gasteiger partial charge is 0.497 e. The van der Waals surface area contributed by atoms with Crippen molar-refractivity contribution in [3.8, 4) is 5.75 Å². The van der Waals surface area contributed by atoms with E-state index in [1.807, 2.05) is 6.07 Å². The number of nitrogens with one attached hydrogen (secondary N) is 1. The number of methoxy groups -OCH3 is 1. The molecule has 1 aromatic rings. The van der Waals surface area contributed by atoms with Crippen molar-refractivity contribution < 1.29 is 4.74 Å². The first-order chi connectivity index (χ1) is 7.03. The van der Waals surface area contributed by atoms with Gasteiger partial charge in [-0.05, 0) is 49.9 Å². The summed E-state index contributed by atoms with van der Waals surface area (Å²) in [5.74, 6) is 1.58. The first-order valence-electron chi connectivity index (χ1n) is 5.48. The lowest BCUT2D eigenvalue weighted by Gasteiger charge is -2.39. The molecule has 0 saturated carbocycles. The predicted molar refractivity (Wildman–Crippen MR) is 63.6 cm³/mol. The Morgan fingerprint density at radius 3 is 2.80 bits per heavy atom. The molecule has 0 saturated heterocycles. The van der Waals surface area contributed by atoms with E-state index >= 15 is 0 Å². The van der Waals surface area contributed by atoms with E-state index in [0.29, 0.717) is 5.92 Å². The zero-order valence-corrected chi connectivity index (χ0v) is 9.92. The van der Waals surface area contributed by atoms with Gasteiger partial charge in [0, 0.05) is 11.2 Å². The minimum atomic E-state index is 0.182. The van der Waals surface area contributed by atoms with Gasteiger partial charge in [-0.1, -0.05) is 6.92 Å². The van der Waals surface area contributed by atoms with Crippen LogP contribution in [0.15, 0.2) is 18.2 Å². The Kier molecular flexibility index (Phi) is 2.37. The van der Waals surface area contributed by atoms with Crippen LogP contribution < -0.4 is 10.1 Å². The molecule has 0 radical (unpaired) electrons. The van der Waals surface area contributed by atoms with Crippen molar-refractivity contribution in [1.29, 1.82) is 0 Å². The van der Waals surface area contributed by atoms with Gasteiger partial charge in [0.05, 0.1) is 7.11 Å². The Labute approximate surface area is 91.6 Å². The van der Waals surface area contributed by atoms with Gasteiger partial charge >= 0.3 is 0 Å². The van der Waals surface area contributed by atoms with Crippen LogP contribution >= 0.6 is 0 Å². The van der Waals surface area contributed by atoms with Crippen LogP contribution in [0.5, 0.6) is 5.75 Å². The Hall–Kier alpha value is -1.18. The van der Waals surface area contributed by atoms with E-state index in [1.165, 1.54) is 11.3 Å². The topological polar surface area (TPSA) is 21.3 Å². The monoisotopic (exact) mass is 205 g/mol. The summed E-state index contributed by atoms with van der Waals surface area (Å²) in [6, 6.07) is 6.26. The Morgan fingerprint density at radius 1 is 1.40 bits per heavy atom. The molecular formula is C13H19NO.